The standard InChI is InChI=1S/C27H29NO3/c1-16-8-7-9-17(12-16)20-13-18-14-27(2,3)15-21-22(18)24(26(30)31-21)23(20)25(29)28-19-10-5-4-6-11-19/h4-13,20-24H,14-15H2,1-3H3,(H,28,29)/t20-,21-,22+,23+,24-/m1/s1. The van der Waals surface area contributed by atoms with Crippen molar-refractivity contribution in [3.05, 3.63) is 77.4 Å². The van der Waals surface area contributed by atoms with E-state index in [1.165, 1.54) is 5.57 Å². The number of allylic oxidation sites excluding steroid dienone is 1. The van der Waals surface area contributed by atoms with E-state index < -0.39 is 11.8 Å². The van der Waals surface area contributed by atoms with E-state index in [0.717, 1.165) is 29.7 Å². The number of anilines is 1. The molecule has 1 amide bonds. The van der Waals surface area contributed by atoms with Crippen LogP contribution in [0.25, 0.3) is 0 Å². The molecule has 4 nitrogen and oxygen atoms in total. The quantitative estimate of drug-likeness (QED) is 0.550. The summed E-state index contributed by atoms with van der Waals surface area (Å²) in [4.78, 5) is 26.8. The molecule has 0 radical (unpaired) electrons. The van der Waals surface area contributed by atoms with Gasteiger partial charge in [-0.2, -0.15) is 0 Å². The zero-order valence-electron chi connectivity index (χ0n) is 18.3. The van der Waals surface area contributed by atoms with Gasteiger partial charge in [0.1, 0.15) is 6.10 Å². The third-order valence-electron chi connectivity index (χ3n) is 7.13. The van der Waals surface area contributed by atoms with Crippen LogP contribution in [-0.4, -0.2) is 18.0 Å². The normalized spacial score (nSPS) is 30.7. The Balaban J connectivity index is 1.60. The largest absolute Gasteiger partial charge is 0.461 e. The highest BCUT2D eigenvalue weighted by atomic mass is 16.6. The number of carbonyl (C=O) groups excluding carboxylic acids is 2. The molecule has 0 bridgehead atoms. The maximum Gasteiger partial charge on any atom is 0.310 e. The summed E-state index contributed by atoms with van der Waals surface area (Å²) in [7, 11) is 0. The van der Waals surface area contributed by atoms with E-state index in [9.17, 15) is 9.59 Å². The van der Waals surface area contributed by atoms with Crippen LogP contribution in [-0.2, 0) is 14.3 Å². The van der Waals surface area contributed by atoms with Crippen molar-refractivity contribution in [1.82, 2.24) is 0 Å². The summed E-state index contributed by atoms with van der Waals surface area (Å²) < 4.78 is 5.89. The Bertz CT molecular complexity index is 1060. The smallest absolute Gasteiger partial charge is 0.310 e. The van der Waals surface area contributed by atoms with Gasteiger partial charge >= 0.3 is 5.97 Å². The van der Waals surface area contributed by atoms with Crippen molar-refractivity contribution in [3.8, 4) is 0 Å². The number of hydrogen-bond donors (Lipinski definition) is 1. The molecular weight excluding hydrogens is 386 g/mol. The molecule has 5 rings (SSSR count). The van der Waals surface area contributed by atoms with Gasteiger partial charge in [0.25, 0.3) is 0 Å². The van der Waals surface area contributed by atoms with Gasteiger partial charge in [-0.25, -0.2) is 0 Å². The fourth-order valence-electron chi connectivity index (χ4n) is 5.96. The Hall–Kier alpha value is -2.88. The van der Waals surface area contributed by atoms with Crippen molar-refractivity contribution in [2.24, 2.45) is 23.2 Å². The lowest BCUT2D eigenvalue weighted by molar-refractivity contribution is -0.148. The Labute approximate surface area is 183 Å². The summed E-state index contributed by atoms with van der Waals surface area (Å²) in [5, 5.41) is 3.07. The molecular formula is C27H29NO3. The summed E-state index contributed by atoms with van der Waals surface area (Å²) >= 11 is 0. The monoisotopic (exact) mass is 415 g/mol. The zero-order chi connectivity index (χ0) is 21.8. The number of para-hydroxylation sites is 1. The average molecular weight is 416 g/mol. The number of ether oxygens (including phenoxy) is 1. The van der Waals surface area contributed by atoms with Crippen LogP contribution in [0.15, 0.2) is 66.2 Å². The summed E-state index contributed by atoms with van der Waals surface area (Å²) in [5.74, 6) is -1.40. The van der Waals surface area contributed by atoms with E-state index in [1.54, 1.807) is 0 Å². The first-order chi connectivity index (χ1) is 14.8. The summed E-state index contributed by atoms with van der Waals surface area (Å²) in [6, 6.07) is 17.8. The van der Waals surface area contributed by atoms with Crippen molar-refractivity contribution >= 4 is 17.6 Å². The van der Waals surface area contributed by atoms with E-state index >= 15 is 0 Å². The number of amides is 1. The number of esters is 1. The summed E-state index contributed by atoms with van der Waals surface area (Å²) in [6.07, 6.45) is 3.94. The topological polar surface area (TPSA) is 55.4 Å². The molecule has 1 saturated carbocycles. The summed E-state index contributed by atoms with van der Waals surface area (Å²) in [6.45, 7) is 6.53. The first-order valence-electron chi connectivity index (χ1n) is 11.2. The van der Waals surface area contributed by atoms with Crippen molar-refractivity contribution in [1.29, 1.82) is 0 Å². The van der Waals surface area contributed by atoms with Crippen LogP contribution in [0.1, 0.15) is 43.7 Å². The van der Waals surface area contributed by atoms with E-state index in [2.05, 4.69) is 50.4 Å². The predicted octanol–water partition coefficient (Wildman–Crippen LogP) is 5.25. The first kappa shape index (κ1) is 20.0. The number of hydrogen-bond acceptors (Lipinski definition) is 3. The molecule has 2 fully saturated rings. The molecule has 2 aliphatic carbocycles. The number of benzene rings is 2. The van der Waals surface area contributed by atoms with Gasteiger partial charge in [0.2, 0.25) is 5.91 Å². The molecule has 1 aliphatic heterocycles. The lowest BCUT2D eigenvalue weighted by atomic mass is 9.58. The Morgan fingerprint density at radius 3 is 2.58 bits per heavy atom. The van der Waals surface area contributed by atoms with Crippen molar-refractivity contribution < 1.29 is 14.3 Å². The Morgan fingerprint density at radius 2 is 1.84 bits per heavy atom. The van der Waals surface area contributed by atoms with E-state index in [4.69, 9.17) is 4.74 Å². The molecule has 1 N–H and O–H groups in total. The van der Waals surface area contributed by atoms with Crippen LogP contribution >= 0.6 is 0 Å². The second kappa shape index (κ2) is 7.37. The average Bonchev–Trinajstić information content (AvgIpc) is 3.03. The third-order valence-corrected chi connectivity index (χ3v) is 7.13. The minimum absolute atomic E-state index is 0.00751. The molecule has 4 heteroatoms. The highest BCUT2D eigenvalue weighted by molar-refractivity contribution is 5.97. The van der Waals surface area contributed by atoms with Gasteiger partial charge in [-0.3, -0.25) is 9.59 Å². The van der Waals surface area contributed by atoms with Crippen LogP contribution in [0.3, 0.4) is 0 Å². The molecule has 1 saturated heterocycles. The molecule has 3 aliphatic rings. The molecule has 0 spiro atoms. The molecule has 1 heterocycles. The predicted molar refractivity (Wildman–Crippen MR) is 120 cm³/mol. The van der Waals surface area contributed by atoms with Gasteiger partial charge in [-0.15, -0.1) is 0 Å². The number of rotatable bonds is 3. The van der Waals surface area contributed by atoms with Crippen LogP contribution in [0.2, 0.25) is 0 Å². The van der Waals surface area contributed by atoms with Crippen LogP contribution in [0, 0.1) is 30.1 Å². The van der Waals surface area contributed by atoms with Gasteiger partial charge in [-0.05, 0) is 42.9 Å². The van der Waals surface area contributed by atoms with Gasteiger partial charge < -0.3 is 10.1 Å². The van der Waals surface area contributed by atoms with Crippen molar-refractivity contribution in [2.75, 3.05) is 5.32 Å². The van der Waals surface area contributed by atoms with Gasteiger partial charge in [-0.1, -0.05) is 73.5 Å². The number of nitrogens with one attached hydrogen (secondary N) is 1. The Kier molecular flexibility index (Phi) is 4.76. The maximum atomic E-state index is 13.6. The minimum atomic E-state index is -0.491. The lowest BCUT2D eigenvalue weighted by Gasteiger charge is -2.44. The van der Waals surface area contributed by atoms with Crippen LogP contribution in [0.4, 0.5) is 5.69 Å². The highest BCUT2D eigenvalue weighted by Crippen LogP contribution is 2.56. The number of carbonyl (C=O) groups is 2. The maximum absolute atomic E-state index is 13.6. The van der Waals surface area contributed by atoms with Crippen LogP contribution in [0.5, 0.6) is 0 Å². The molecule has 2 aromatic rings. The minimum Gasteiger partial charge on any atom is -0.461 e. The highest BCUT2D eigenvalue weighted by Gasteiger charge is 2.59. The molecule has 31 heavy (non-hydrogen) atoms. The molecule has 0 aromatic heterocycles. The van der Waals surface area contributed by atoms with Gasteiger partial charge in [0, 0.05) is 17.5 Å². The first-order valence-corrected chi connectivity index (χ1v) is 11.2. The van der Waals surface area contributed by atoms with Gasteiger partial charge in [0.15, 0.2) is 0 Å². The second-order valence-electron chi connectivity index (χ2n) is 10.1. The van der Waals surface area contributed by atoms with Crippen molar-refractivity contribution in [2.45, 2.75) is 45.6 Å². The van der Waals surface area contributed by atoms with Crippen molar-refractivity contribution in [3.63, 3.8) is 0 Å². The van der Waals surface area contributed by atoms with Crippen LogP contribution < -0.4 is 5.32 Å². The molecule has 5 atom stereocenters. The van der Waals surface area contributed by atoms with E-state index in [0.29, 0.717) is 0 Å². The molecule has 0 unspecified atom stereocenters. The number of aryl methyl sites for hydroxylation is 1. The van der Waals surface area contributed by atoms with E-state index in [-0.39, 0.29) is 35.2 Å². The summed E-state index contributed by atoms with van der Waals surface area (Å²) in [5.41, 5.74) is 4.35. The van der Waals surface area contributed by atoms with E-state index in [1.807, 2.05) is 36.4 Å². The Morgan fingerprint density at radius 1 is 1.06 bits per heavy atom. The fraction of sp³-hybridized carbons (Fsp3) is 0.407. The zero-order valence-corrected chi connectivity index (χ0v) is 18.3. The fourth-order valence-corrected chi connectivity index (χ4v) is 5.96. The van der Waals surface area contributed by atoms with Gasteiger partial charge in [0.05, 0.1) is 11.8 Å². The molecule has 2 aromatic carbocycles. The second-order valence-corrected chi connectivity index (χ2v) is 10.1. The lowest BCUT2D eigenvalue weighted by Crippen LogP contribution is -2.45. The third kappa shape index (κ3) is 3.58. The molecule has 160 valence electrons. The SMILES string of the molecule is Cc1cccc([C@H]2C=C3CC(C)(C)C[C@H]4OC(=O)[C@@H]([C@H]2C(=O)Nc2ccccc2)[C@@H]34)c1.